The van der Waals surface area contributed by atoms with Crippen LogP contribution < -0.4 is 10.1 Å². The van der Waals surface area contributed by atoms with Crippen molar-refractivity contribution in [1.29, 1.82) is 0 Å². The zero-order valence-corrected chi connectivity index (χ0v) is 11.0. The molecule has 0 aliphatic carbocycles. The highest BCUT2D eigenvalue weighted by Gasteiger charge is 2.23. The average Bonchev–Trinajstić information content (AvgIpc) is 2.34. The number of benzene rings is 1. The summed E-state index contributed by atoms with van der Waals surface area (Å²) in [5.74, 6) is -0.742. The van der Waals surface area contributed by atoms with Crippen LogP contribution in [0.4, 0.5) is 5.69 Å². The van der Waals surface area contributed by atoms with E-state index in [0.29, 0.717) is 17.9 Å². The van der Waals surface area contributed by atoms with Crippen molar-refractivity contribution in [2.45, 2.75) is 20.3 Å². The number of carbonyl (C=O) groups is 2. The minimum atomic E-state index is -0.798. The molecule has 1 aromatic rings. The van der Waals surface area contributed by atoms with Gasteiger partial charge in [0.25, 0.3) is 5.91 Å². The van der Waals surface area contributed by atoms with E-state index in [1.54, 1.807) is 12.1 Å². The Balaban J connectivity index is 2.20. The predicted molar refractivity (Wildman–Crippen MR) is 70.2 cm³/mol. The number of ether oxygens (including phenoxy) is 1. The van der Waals surface area contributed by atoms with Crippen molar-refractivity contribution in [3.05, 3.63) is 23.8 Å². The van der Waals surface area contributed by atoms with Gasteiger partial charge in [-0.15, -0.1) is 0 Å². The Morgan fingerprint density at radius 1 is 1.47 bits per heavy atom. The topological polar surface area (TPSA) is 75.6 Å². The summed E-state index contributed by atoms with van der Waals surface area (Å²) in [6, 6.07) is 5.39. The summed E-state index contributed by atoms with van der Waals surface area (Å²) in [5.41, 5.74) is 1.49. The van der Waals surface area contributed by atoms with Crippen molar-refractivity contribution >= 4 is 17.6 Å². The summed E-state index contributed by atoms with van der Waals surface area (Å²) in [5, 5.41) is 11.9. The summed E-state index contributed by atoms with van der Waals surface area (Å²) in [6.07, 6.45) is 0.441. The third-order valence-corrected chi connectivity index (χ3v) is 3.25. The van der Waals surface area contributed by atoms with Gasteiger partial charge in [-0.1, -0.05) is 19.9 Å². The van der Waals surface area contributed by atoms with E-state index in [1.807, 2.05) is 19.9 Å². The lowest BCUT2D eigenvalue weighted by Gasteiger charge is -2.20. The summed E-state index contributed by atoms with van der Waals surface area (Å²) in [4.78, 5) is 22.4. The second-order valence-electron chi connectivity index (χ2n) is 5.06. The smallest absolute Gasteiger partial charge is 0.307 e. The molecule has 0 radical (unpaired) electrons. The lowest BCUT2D eigenvalue weighted by molar-refractivity contribution is -0.143. The monoisotopic (exact) mass is 263 g/mol. The fraction of sp³-hybridized carbons (Fsp3) is 0.429. The Morgan fingerprint density at radius 2 is 2.21 bits per heavy atom. The second kappa shape index (κ2) is 5.30. The number of carbonyl (C=O) groups excluding carboxylic acids is 1. The van der Waals surface area contributed by atoms with E-state index in [-0.39, 0.29) is 18.4 Å². The van der Waals surface area contributed by atoms with Gasteiger partial charge in [-0.05, 0) is 30.0 Å². The third-order valence-electron chi connectivity index (χ3n) is 3.25. The SMILES string of the molecule is CC(C)C(Cc1ccc2c(c1)NC(=O)CO2)C(=O)O. The molecule has 102 valence electrons. The van der Waals surface area contributed by atoms with E-state index in [2.05, 4.69) is 5.32 Å². The molecular weight excluding hydrogens is 246 g/mol. The number of rotatable bonds is 4. The number of carboxylic acids is 1. The first-order valence-electron chi connectivity index (χ1n) is 6.25. The zero-order valence-electron chi connectivity index (χ0n) is 11.0. The van der Waals surface area contributed by atoms with Crippen molar-refractivity contribution < 1.29 is 19.4 Å². The van der Waals surface area contributed by atoms with Crippen molar-refractivity contribution in [3.63, 3.8) is 0 Å². The molecule has 0 saturated heterocycles. The van der Waals surface area contributed by atoms with Gasteiger partial charge in [0, 0.05) is 0 Å². The molecule has 1 atom stereocenters. The lowest BCUT2D eigenvalue weighted by Crippen LogP contribution is -2.26. The van der Waals surface area contributed by atoms with Gasteiger partial charge in [-0.25, -0.2) is 0 Å². The van der Waals surface area contributed by atoms with E-state index >= 15 is 0 Å². The molecule has 0 aromatic heterocycles. The summed E-state index contributed by atoms with van der Waals surface area (Å²) in [6.45, 7) is 3.81. The number of fused-ring (bicyclic) bond motifs is 1. The maximum absolute atomic E-state index is 11.2. The van der Waals surface area contributed by atoms with Gasteiger partial charge >= 0.3 is 5.97 Å². The summed E-state index contributed by atoms with van der Waals surface area (Å²) >= 11 is 0. The molecular formula is C14H17NO4. The van der Waals surface area contributed by atoms with Gasteiger partial charge in [0.2, 0.25) is 0 Å². The maximum Gasteiger partial charge on any atom is 0.307 e. The predicted octanol–water partition coefficient (Wildman–Crippen LogP) is 1.92. The molecule has 2 N–H and O–H groups in total. The minimum Gasteiger partial charge on any atom is -0.482 e. The van der Waals surface area contributed by atoms with Crippen molar-refractivity contribution in [3.8, 4) is 5.75 Å². The molecule has 1 aliphatic heterocycles. The van der Waals surface area contributed by atoms with Crippen LogP contribution in [0.1, 0.15) is 19.4 Å². The van der Waals surface area contributed by atoms with E-state index in [1.165, 1.54) is 0 Å². The van der Waals surface area contributed by atoms with Crippen LogP contribution in [-0.2, 0) is 16.0 Å². The largest absolute Gasteiger partial charge is 0.482 e. The molecule has 5 heteroatoms. The zero-order chi connectivity index (χ0) is 14.0. The summed E-state index contributed by atoms with van der Waals surface area (Å²) in [7, 11) is 0. The molecule has 1 aromatic carbocycles. The van der Waals surface area contributed by atoms with Crippen LogP contribution in [0.25, 0.3) is 0 Å². The first-order valence-corrected chi connectivity index (χ1v) is 6.25. The van der Waals surface area contributed by atoms with Gasteiger partial charge in [-0.2, -0.15) is 0 Å². The van der Waals surface area contributed by atoms with Gasteiger partial charge < -0.3 is 15.2 Å². The van der Waals surface area contributed by atoms with Crippen molar-refractivity contribution in [1.82, 2.24) is 0 Å². The van der Waals surface area contributed by atoms with Gasteiger partial charge in [-0.3, -0.25) is 9.59 Å². The molecule has 1 amide bonds. The Labute approximate surface area is 111 Å². The second-order valence-corrected chi connectivity index (χ2v) is 5.06. The highest BCUT2D eigenvalue weighted by molar-refractivity contribution is 5.95. The van der Waals surface area contributed by atoms with Crippen LogP contribution in [0.3, 0.4) is 0 Å². The number of amides is 1. The van der Waals surface area contributed by atoms with E-state index < -0.39 is 11.9 Å². The van der Waals surface area contributed by atoms with E-state index in [9.17, 15) is 14.7 Å². The normalized spacial score (nSPS) is 15.4. The number of nitrogens with one attached hydrogen (secondary N) is 1. The number of anilines is 1. The Morgan fingerprint density at radius 3 is 2.84 bits per heavy atom. The first-order chi connectivity index (χ1) is 8.97. The lowest BCUT2D eigenvalue weighted by atomic mass is 9.89. The quantitative estimate of drug-likeness (QED) is 0.870. The van der Waals surface area contributed by atoms with Gasteiger partial charge in [0.05, 0.1) is 11.6 Å². The molecule has 0 fully saturated rings. The average molecular weight is 263 g/mol. The summed E-state index contributed by atoms with van der Waals surface area (Å²) < 4.78 is 5.26. The van der Waals surface area contributed by atoms with Crippen LogP contribution in [0, 0.1) is 11.8 Å². The van der Waals surface area contributed by atoms with Crippen LogP contribution in [0.15, 0.2) is 18.2 Å². The molecule has 19 heavy (non-hydrogen) atoms. The van der Waals surface area contributed by atoms with Gasteiger partial charge in [0.1, 0.15) is 5.75 Å². The Hall–Kier alpha value is -2.04. The first kappa shape index (κ1) is 13.4. The number of aliphatic carboxylic acids is 1. The number of hydrogen-bond acceptors (Lipinski definition) is 3. The fourth-order valence-electron chi connectivity index (χ4n) is 2.12. The standard InChI is InChI=1S/C14H17NO4/c1-8(2)10(14(17)18)5-9-3-4-12-11(6-9)15-13(16)7-19-12/h3-4,6,8,10H,5,7H2,1-2H3,(H,15,16)(H,17,18). The molecule has 5 nitrogen and oxygen atoms in total. The maximum atomic E-state index is 11.2. The van der Waals surface area contributed by atoms with E-state index in [4.69, 9.17) is 4.74 Å². The molecule has 2 rings (SSSR count). The Kier molecular flexibility index (Phi) is 3.74. The number of hydrogen-bond donors (Lipinski definition) is 2. The van der Waals surface area contributed by atoms with Gasteiger partial charge in [0.15, 0.2) is 6.61 Å². The van der Waals surface area contributed by atoms with Crippen molar-refractivity contribution in [2.24, 2.45) is 11.8 Å². The van der Waals surface area contributed by atoms with Crippen LogP contribution >= 0.6 is 0 Å². The molecule has 1 unspecified atom stereocenters. The molecule has 1 aliphatic rings. The number of carboxylic acid groups (broad SMARTS) is 1. The van der Waals surface area contributed by atoms with Crippen molar-refractivity contribution in [2.75, 3.05) is 11.9 Å². The molecule has 1 heterocycles. The third kappa shape index (κ3) is 3.05. The van der Waals surface area contributed by atoms with Crippen LogP contribution in [0.2, 0.25) is 0 Å². The highest BCUT2D eigenvalue weighted by Crippen LogP contribution is 2.30. The molecule has 0 bridgehead atoms. The highest BCUT2D eigenvalue weighted by atomic mass is 16.5. The Bertz CT molecular complexity index is 510. The minimum absolute atomic E-state index is 0.0239. The molecule has 0 spiro atoms. The van der Waals surface area contributed by atoms with Crippen LogP contribution in [-0.4, -0.2) is 23.6 Å². The molecule has 0 saturated carbocycles. The van der Waals surface area contributed by atoms with E-state index in [0.717, 1.165) is 5.56 Å². The fourth-order valence-corrected chi connectivity index (χ4v) is 2.12. The van der Waals surface area contributed by atoms with Crippen LogP contribution in [0.5, 0.6) is 5.75 Å².